The van der Waals surface area contributed by atoms with E-state index in [-0.39, 0.29) is 12.6 Å². The van der Waals surface area contributed by atoms with E-state index in [2.05, 4.69) is 4.90 Å². The number of hydrogen-bond acceptors (Lipinski definition) is 6. The Labute approximate surface area is 161 Å². The van der Waals surface area contributed by atoms with E-state index in [1.807, 2.05) is 18.2 Å². The van der Waals surface area contributed by atoms with Gasteiger partial charge in [-0.15, -0.1) is 0 Å². The number of carbonyl (C=O) groups is 2. The van der Waals surface area contributed by atoms with E-state index >= 15 is 0 Å². The molecule has 1 aromatic heterocycles. The van der Waals surface area contributed by atoms with Crippen LogP contribution in [0.1, 0.15) is 32.1 Å². The van der Waals surface area contributed by atoms with Crippen LogP contribution in [0.3, 0.4) is 0 Å². The van der Waals surface area contributed by atoms with Gasteiger partial charge in [-0.1, -0.05) is 22.9 Å². The molecule has 3 rings (SSSR count). The molecule has 140 valence electrons. The van der Waals surface area contributed by atoms with Gasteiger partial charge in [-0.05, 0) is 49.8 Å². The number of amides is 1. The predicted octanol–water partition coefficient (Wildman–Crippen LogP) is 3.36. The Hall–Kier alpha value is -1.86. The van der Waals surface area contributed by atoms with Crippen LogP contribution in [0, 0.1) is 5.92 Å². The quantitative estimate of drug-likeness (QED) is 0.726. The maximum absolute atomic E-state index is 11.5. The van der Waals surface area contributed by atoms with Crippen LogP contribution in [-0.2, 0) is 14.3 Å². The Morgan fingerprint density at radius 3 is 2.85 bits per heavy atom. The number of thiazole rings is 1. The number of carbonyl (C=O) groups excluding carboxylic acids is 2. The van der Waals surface area contributed by atoms with E-state index in [1.54, 1.807) is 11.3 Å². The highest BCUT2D eigenvalue weighted by Gasteiger charge is 2.21. The highest BCUT2D eigenvalue weighted by Crippen LogP contribution is 2.33. The van der Waals surface area contributed by atoms with Crippen molar-refractivity contribution in [3.05, 3.63) is 23.2 Å². The molecule has 2 N–H and O–H groups in total. The first-order chi connectivity index (χ1) is 12.5. The number of fused-ring (bicyclic) bond motifs is 1. The van der Waals surface area contributed by atoms with E-state index in [0.717, 1.165) is 59.1 Å². The molecule has 1 amide bonds. The standard InChI is InChI=1S/C18H22ClN3O3S/c19-13-4-5-14-15(10-13)26-18(21-14)22-8-6-12(7-9-22)2-1-3-17(24)25-11-16(20)23/h4-5,10,12H,1-3,6-9,11H2,(H2,20,23). The minimum absolute atomic E-state index is 0.329. The molecule has 1 aliphatic heterocycles. The molecule has 0 atom stereocenters. The third kappa shape index (κ3) is 5.08. The third-order valence-electron chi connectivity index (χ3n) is 4.59. The van der Waals surface area contributed by atoms with Crippen LogP contribution in [0.15, 0.2) is 18.2 Å². The van der Waals surface area contributed by atoms with Gasteiger partial charge in [0.25, 0.3) is 5.91 Å². The van der Waals surface area contributed by atoms with Gasteiger partial charge in [-0.25, -0.2) is 4.98 Å². The van der Waals surface area contributed by atoms with Crippen LogP contribution in [0.2, 0.25) is 5.02 Å². The first-order valence-electron chi connectivity index (χ1n) is 8.76. The number of benzene rings is 1. The van der Waals surface area contributed by atoms with Crippen molar-refractivity contribution < 1.29 is 14.3 Å². The van der Waals surface area contributed by atoms with Crippen molar-refractivity contribution in [2.75, 3.05) is 24.6 Å². The van der Waals surface area contributed by atoms with Crippen molar-refractivity contribution in [2.24, 2.45) is 11.7 Å². The van der Waals surface area contributed by atoms with E-state index in [4.69, 9.17) is 27.1 Å². The van der Waals surface area contributed by atoms with Gasteiger partial charge < -0.3 is 15.4 Å². The van der Waals surface area contributed by atoms with E-state index in [1.165, 1.54) is 0 Å². The Morgan fingerprint density at radius 1 is 1.35 bits per heavy atom. The fourth-order valence-electron chi connectivity index (χ4n) is 3.19. The normalized spacial score (nSPS) is 15.3. The predicted molar refractivity (Wildman–Crippen MR) is 104 cm³/mol. The van der Waals surface area contributed by atoms with Crippen molar-refractivity contribution >= 4 is 50.2 Å². The van der Waals surface area contributed by atoms with E-state index in [9.17, 15) is 9.59 Å². The Kier molecular flexibility index (Phi) is 6.32. The second kappa shape index (κ2) is 8.68. The molecular formula is C18H22ClN3O3S. The van der Waals surface area contributed by atoms with Crippen molar-refractivity contribution in [2.45, 2.75) is 32.1 Å². The zero-order valence-corrected chi connectivity index (χ0v) is 16.0. The van der Waals surface area contributed by atoms with Crippen molar-refractivity contribution in [1.82, 2.24) is 4.98 Å². The number of aromatic nitrogens is 1. The molecule has 2 heterocycles. The van der Waals surface area contributed by atoms with Crippen LogP contribution in [0.5, 0.6) is 0 Å². The number of halogens is 1. The summed E-state index contributed by atoms with van der Waals surface area (Å²) in [5.74, 6) is -0.365. The van der Waals surface area contributed by atoms with Crippen LogP contribution in [0.25, 0.3) is 10.2 Å². The summed E-state index contributed by atoms with van der Waals surface area (Å²) in [6.45, 7) is 1.62. The SMILES string of the molecule is NC(=O)COC(=O)CCCC1CCN(c2nc3ccc(Cl)cc3s2)CC1. The molecular weight excluding hydrogens is 374 g/mol. The molecule has 8 heteroatoms. The highest BCUT2D eigenvalue weighted by molar-refractivity contribution is 7.22. The van der Waals surface area contributed by atoms with Crippen LogP contribution < -0.4 is 10.6 Å². The fraction of sp³-hybridized carbons (Fsp3) is 0.500. The summed E-state index contributed by atoms with van der Waals surface area (Å²) in [5.41, 5.74) is 5.94. The third-order valence-corrected chi connectivity index (χ3v) is 5.91. The van der Waals surface area contributed by atoms with Crippen molar-refractivity contribution in [3.63, 3.8) is 0 Å². The molecule has 26 heavy (non-hydrogen) atoms. The number of hydrogen-bond donors (Lipinski definition) is 1. The van der Waals surface area contributed by atoms with Crippen LogP contribution in [-0.4, -0.2) is 36.6 Å². The van der Waals surface area contributed by atoms with Gasteiger partial charge in [0.2, 0.25) is 0 Å². The monoisotopic (exact) mass is 395 g/mol. The van der Waals surface area contributed by atoms with Crippen molar-refractivity contribution in [3.8, 4) is 0 Å². The molecule has 2 aromatic rings. The summed E-state index contributed by atoms with van der Waals surface area (Å²) in [6, 6.07) is 5.79. The number of esters is 1. The number of ether oxygens (including phenoxy) is 1. The van der Waals surface area contributed by atoms with Gasteiger partial charge in [-0.2, -0.15) is 0 Å². The van der Waals surface area contributed by atoms with Gasteiger partial charge in [0.1, 0.15) is 0 Å². The lowest BCUT2D eigenvalue weighted by molar-refractivity contribution is -0.147. The van der Waals surface area contributed by atoms with Gasteiger partial charge in [-0.3, -0.25) is 9.59 Å². The molecule has 0 unspecified atom stereocenters. The maximum atomic E-state index is 11.5. The lowest BCUT2D eigenvalue weighted by Crippen LogP contribution is -2.33. The minimum Gasteiger partial charge on any atom is -0.456 e. The minimum atomic E-state index is -0.622. The second-order valence-electron chi connectivity index (χ2n) is 6.56. The topological polar surface area (TPSA) is 85.5 Å². The Morgan fingerprint density at radius 2 is 2.12 bits per heavy atom. The van der Waals surface area contributed by atoms with Gasteiger partial charge in [0.05, 0.1) is 10.2 Å². The zero-order valence-electron chi connectivity index (χ0n) is 14.4. The number of nitrogens with zero attached hydrogens (tertiary/aromatic N) is 2. The molecule has 0 aliphatic carbocycles. The molecule has 0 radical (unpaired) electrons. The summed E-state index contributed by atoms with van der Waals surface area (Å²) < 4.78 is 5.88. The number of rotatable bonds is 7. The average Bonchev–Trinajstić information content (AvgIpc) is 3.03. The summed E-state index contributed by atoms with van der Waals surface area (Å²) in [7, 11) is 0. The first kappa shape index (κ1) is 18.9. The summed E-state index contributed by atoms with van der Waals surface area (Å²) in [6.07, 6.45) is 4.29. The molecule has 1 aromatic carbocycles. The van der Waals surface area contributed by atoms with E-state index in [0.29, 0.717) is 12.3 Å². The summed E-state index contributed by atoms with van der Waals surface area (Å²) in [5, 5.41) is 1.79. The largest absolute Gasteiger partial charge is 0.456 e. The number of piperidine rings is 1. The highest BCUT2D eigenvalue weighted by atomic mass is 35.5. The van der Waals surface area contributed by atoms with E-state index < -0.39 is 5.91 Å². The zero-order chi connectivity index (χ0) is 18.5. The molecule has 6 nitrogen and oxygen atoms in total. The molecule has 0 bridgehead atoms. The average molecular weight is 396 g/mol. The van der Waals surface area contributed by atoms with Crippen LogP contribution in [0.4, 0.5) is 5.13 Å². The first-order valence-corrected chi connectivity index (χ1v) is 9.95. The molecule has 0 saturated carbocycles. The number of anilines is 1. The summed E-state index contributed by atoms with van der Waals surface area (Å²) in [4.78, 5) is 29.1. The Balaban J connectivity index is 1.42. The molecule has 0 spiro atoms. The maximum Gasteiger partial charge on any atom is 0.306 e. The fourth-order valence-corrected chi connectivity index (χ4v) is 4.49. The number of nitrogens with two attached hydrogens (primary N) is 1. The van der Waals surface area contributed by atoms with Gasteiger partial charge in [0, 0.05) is 24.5 Å². The van der Waals surface area contributed by atoms with Gasteiger partial charge >= 0.3 is 5.97 Å². The molecule has 1 aliphatic rings. The Bertz CT molecular complexity index is 787. The van der Waals surface area contributed by atoms with Crippen LogP contribution >= 0.6 is 22.9 Å². The van der Waals surface area contributed by atoms with Gasteiger partial charge in [0.15, 0.2) is 11.7 Å². The van der Waals surface area contributed by atoms with Crippen molar-refractivity contribution in [1.29, 1.82) is 0 Å². The molecule has 1 saturated heterocycles. The second-order valence-corrected chi connectivity index (χ2v) is 8.00. The summed E-state index contributed by atoms with van der Waals surface area (Å²) >= 11 is 7.73. The lowest BCUT2D eigenvalue weighted by Gasteiger charge is -2.31. The lowest BCUT2D eigenvalue weighted by atomic mass is 9.92. The smallest absolute Gasteiger partial charge is 0.306 e. The number of primary amides is 1. The molecule has 1 fully saturated rings.